The van der Waals surface area contributed by atoms with Crippen molar-refractivity contribution in [1.82, 2.24) is 20.5 Å². The van der Waals surface area contributed by atoms with Crippen LogP contribution in [-0.2, 0) is 6.54 Å². The first-order valence-electron chi connectivity index (χ1n) is 8.18. The molecule has 1 saturated heterocycles. The molecule has 0 bridgehead atoms. The van der Waals surface area contributed by atoms with Gasteiger partial charge in [0.05, 0.1) is 6.54 Å². The number of thiazole rings is 1. The summed E-state index contributed by atoms with van der Waals surface area (Å²) in [5.41, 5.74) is 0. The van der Waals surface area contributed by atoms with Crippen molar-refractivity contribution in [3.63, 3.8) is 0 Å². The molecule has 0 unspecified atom stereocenters. The lowest BCUT2D eigenvalue weighted by molar-refractivity contribution is 0.217. The average Bonchev–Trinajstić information content (AvgIpc) is 3.16. The third-order valence-electron chi connectivity index (χ3n) is 4.37. The highest BCUT2D eigenvalue weighted by molar-refractivity contribution is 7.09. The van der Waals surface area contributed by atoms with Crippen molar-refractivity contribution >= 4 is 17.4 Å². The van der Waals surface area contributed by atoms with E-state index in [0.29, 0.717) is 26.1 Å². The zero-order valence-electron chi connectivity index (χ0n) is 13.1. The molecule has 0 spiro atoms. The molecule has 2 N–H and O–H groups in total. The Morgan fingerprint density at radius 1 is 1.52 bits per heavy atom. The molecule has 1 aromatic rings. The molecular formula is C16H23FN4OS. The molecule has 126 valence electrons. The first kappa shape index (κ1) is 16.4. The highest BCUT2D eigenvalue weighted by atomic mass is 32.1. The Morgan fingerprint density at radius 2 is 2.43 bits per heavy atom. The molecular weight excluding hydrogens is 315 g/mol. The van der Waals surface area contributed by atoms with Crippen molar-refractivity contribution in [2.24, 2.45) is 0 Å². The van der Waals surface area contributed by atoms with Crippen LogP contribution in [0, 0.1) is 0 Å². The normalized spacial score (nSPS) is 28.0. The predicted molar refractivity (Wildman–Crippen MR) is 89.1 cm³/mol. The Hall–Kier alpha value is -1.47. The predicted octanol–water partition coefficient (Wildman–Crippen LogP) is 2.46. The van der Waals surface area contributed by atoms with E-state index in [9.17, 15) is 9.18 Å². The van der Waals surface area contributed by atoms with Gasteiger partial charge in [0.1, 0.15) is 11.2 Å². The quantitative estimate of drug-likeness (QED) is 0.811. The van der Waals surface area contributed by atoms with Gasteiger partial charge in [-0.15, -0.1) is 11.3 Å². The van der Waals surface area contributed by atoms with Crippen molar-refractivity contribution in [2.45, 2.75) is 50.5 Å². The van der Waals surface area contributed by atoms with Crippen LogP contribution < -0.4 is 10.6 Å². The summed E-state index contributed by atoms with van der Waals surface area (Å²) in [6, 6.07) is -0.0210. The van der Waals surface area contributed by atoms with E-state index in [1.54, 1.807) is 17.5 Å². The summed E-state index contributed by atoms with van der Waals surface area (Å²) in [5, 5.41) is 8.76. The van der Waals surface area contributed by atoms with Crippen molar-refractivity contribution in [3.8, 4) is 0 Å². The van der Waals surface area contributed by atoms with Gasteiger partial charge in [-0.05, 0) is 25.7 Å². The van der Waals surface area contributed by atoms with E-state index < -0.39 is 6.17 Å². The first-order valence-corrected chi connectivity index (χ1v) is 9.06. The maximum atomic E-state index is 13.8. The van der Waals surface area contributed by atoms with Gasteiger partial charge in [0.25, 0.3) is 0 Å². The van der Waals surface area contributed by atoms with E-state index >= 15 is 0 Å². The third kappa shape index (κ3) is 4.75. The molecule has 1 aromatic heterocycles. The van der Waals surface area contributed by atoms with Gasteiger partial charge in [0.15, 0.2) is 0 Å². The van der Waals surface area contributed by atoms with Crippen LogP contribution in [0.3, 0.4) is 0 Å². The van der Waals surface area contributed by atoms with E-state index in [1.807, 2.05) is 11.5 Å². The molecule has 5 nitrogen and oxygen atoms in total. The monoisotopic (exact) mass is 338 g/mol. The molecule has 0 radical (unpaired) electrons. The van der Waals surface area contributed by atoms with Crippen LogP contribution in [0.4, 0.5) is 9.18 Å². The maximum absolute atomic E-state index is 13.8. The van der Waals surface area contributed by atoms with Crippen molar-refractivity contribution in [1.29, 1.82) is 0 Å². The summed E-state index contributed by atoms with van der Waals surface area (Å²) in [4.78, 5) is 18.3. The number of allylic oxidation sites excluding steroid dienone is 1. The van der Waals surface area contributed by atoms with E-state index in [4.69, 9.17) is 0 Å². The summed E-state index contributed by atoms with van der Waals surface area (Å²) in [6.07, 6.45) is 8.73. The standard InChI is InChI=1S/C16H23FN4OS/c17-12-8-14(21(10-12)11-15-18-6-7-23-15)9-19-16(22)20-13-4-2-1-3-5-13/h2,4,6-7,12-14H,1,3,5,8-11H2,(H2,19,20,22)/t12-,13-,14-/m0/s1. The average molecular weight is 338 g/mol. The molecule has 1 aliphatic heterocycles. The SMILES string of the molecule is O=C(NC[C@@H]1C[C@H](F)CN1Cc1nccs1)N[C@H]1C=CCCC1. The second kappa shape index (κ2) is 7.88. The highest BCUT2D eigenvalue weighted by Gasteiger charge is 2.32. The second-order valence-electron chi connectivity index (χ2n) is 6.16. The fourth-order valence-electron chi connectivity index (χ4n) is 3.20. The number of amides is 2. The number of nitrogens with one attached hydrogen (secondary N) is 2. The van der Waals surface area contributed by atoms with Crippen LogP contribution in [-0.4, -0.2) is 47.3 Å². The number of urea groups is 1. The zero-order chi connectivity index (χ0) is 16.1. The zero-order valence-corrected chi connectivity index (χ0v) is 13.9. The summed E-state index contributed by atoms with van der Waals surface area (Å²) in [5.74, 6) is 0. The minimum atomic E-state index is -0.828. The number of carbonyl (C=O) groups is 1. The lowest BCUT2D eigenvalue weighted by Crippen LogP contribution is -2.46. The number of likely N-dealkylation sites (tertiary alicyclic amines) is 1. The van der Waals surface area contributed by atoms with Crippen LogP contribution in [0.2, 0.25) is 0 Å². The number of aromatic nitrogens is 1. The second-order valence-corrected chi connectivity index (χ2v) is 7.14. The van der Waals surface area contributed by atoms with Gasteiger partial charge in [0, 0.05) is 36.8 Å². The van der Waals surface area contributed by atoms with Crippen molar-refractivity contribution in [2.75, 3.05) is 13.1 Å². The number of rotatable bonds is 5. The molecule has 2 aliphatic rings. The Bertz CT molecular complexity index is 536. The van der Waals surface area contributed by atoms with Crippen LogP contribution in [0.5, 0.6) is 0 Å². The number of alkyl halides is 1. The minimum absolute atomic E-state index is 0.0292. The molecule has 1 fully saturated rings. The van der Waals surface area contributed by atoms with Gasteiger partial charge in [0.2, 0.25) is 0 Å². The third-order valence-corrected chi connectivity index (χ3v) is 5.13. The smallest absolute Gasteiger partial charge is 0.315 e. The molecule has 0 saturated carbocycles. The van der Waals surface area contributed by atoms with E-state index in [1.165, 1.54) is 0 Å². The number of hydrogen-bond acceptors (Lipinski definition) is 4. The first-order chi connectivity index (χ1) is 11.2. The van der Waals surface area contributed by atoms with Gasteiger partial charge in [-0.2, -0.15) is 0 Å². The molecule has 2 heterocycles. The molecule has 3 rings (SSSR count). The van der Waals surface area contributed by atoms with E-state index in [2.05, 4.69) is 26.6 Å². The minimum Gasteiger partial charge on any atom is -0.337 e. The Morgan fingerprint density at radius 3 is 3.17 bits per heavy atom. The molecule has 1 aliphatic carbocycles. The van der Waals surface area contributed by atoms with Gasteiger partial charge < -0.3 is 10.6 Å². The summed E-state index contributed by atoms with van der Waals surface area (Å²) >= 11 is 1.58. The Balaban J connectivity index is 1.46. The highest BCUT2D eigenvalue weighted by Crippen LogP contribution is 2.23. The van der Waals surface area contributed by atoms with Crippen molar-refractivity contribution < 1.29 is 9.18 Å². The summed E-state index contributed by atoms with van der Waals surface area (Å²) < 4.78 is 13.8. The molecule has 23 heavy (non-hydrogen) atoms. The molecule has 0 aromatic carbocycles. The molecule has 7 heteroatoms. The maximum Gasteiger partial charge on any atom is 0.315 e. The number of carbonyl (C=O) groups excluding carboxylic acids is 1. The fourth-order valence-corrected chi connectivity index (χ4v) is 3.84. The van der Waals surface area contributed by atoms with E-state index in [-0.39, 0.29) is 18.1 Å². The number of nitrogens with zero attached hydrogens (tertiary/aromatic N) is 2. The van der Waals surface area contributed by atoms with E-state index in [0.717, 1.165) is 24.3 Å². The lowest BCUT2D eigenvalue weighted by Gasteiger charge is -2.24. The van der Waals surface area contributed by atoms with Gasteiger partial charge in [-0.1, -0.05) is 12.2 Å². The molecule has 3 atom stereocenters. The summed E-state index contributed by atoms with van der Waals surface area (Å²) in [7, 11) is 0. The number of halogens is 1. The lowest BCUT2D eigenvalue weighted by atomic mass is 10.0. The van der Waals surface area contributed by atoms with Crippen LogP contribution in [0.15, 0.2) is 23.7 Å². The van der Waals surface area contributed by atoms with Crippen LogP contribution in [0.25, 0.3) is 0 Å². The Labute approximate surface area is 140 Å². The van der Waals surface area contributed by atoms with Crippen molar-refractivity contribution in [3.05, 3.63) is 28.7 Å². The van der Waals surface area contributed by atoms with Crippen LogP contribution in [0.1, 0.15) is 30.7 Å². The van der Waals surface area contributed by atoms with Gasteiger partial charge in [-0.25, -0.2) is 14.2 Å². The number of hydrogen-bond donors (Lipinski definition) is 2. The Kier molecular flexibility index (Phi) is 5.61. The largest absolute Gasteiger partial charge is 0.337 e. The molecule has 2 amide bonds. The fraction of sp³-hybridized carbons (Fsp3) is 0.625. The summed E-state index contributed by atoms with van der Waals surface area (Å²) in [6.45, 7) is 1.53. The van der Waals surface area contributed by atoms with Gasteiger partial charge >= 0.3 is 6.03 Å². The van der Waals surface area contributed by atoms with Gasteiger partial charge in [-0.3, -0.25) is 4.90 Å². The topological polar surface area (TPSA) is 57.3 Å². The van der Waals surface area contributed by atoms with Crippen LogP contribution >= 0.6 is 11.3 Å².